The van der Waals surface area contributed by atoms with Gasteiger partial charge in [0.05, 0.1) is 0 Å². The Hall–Kier alpha value is -3.20. The zero-order chi connectivity index (χ0) is 19.6. The first-order valence-corrected chi connectivity index (χ1v) is 9.58. The number of rotatable bonds is 5. The summed E-state index contributed by atoms with van der Waals surface area (Å²) in [6, 6.07) is 30.3. The molecular formula is C25H24N2O. The lowest BCUT2D eigenvalue weighted by Crippen LogP contribution is -2.19. The predicted molar refractivity (Wildman–Crippen MR) is 113 cm³/mol. The molecule has 28 heavy (non-hydrogen) atoms. The molecule has 0 heterocycles. The molecule has 3 nitrogen and oxygen atoms in total. The highest BCUT2D eigenvalue weighted by molar-refractivity contribution is 5.94. The summed E-state index contributed by atoms with van der Waals surface area (Å²) in [7, 11) is 0. The van der Waals surface area contributed by atoms with Crippen LogP contribution in [-0.2, 0) is 5.41 Å². The lowest BCUT2D eigenvalue weighted by molar-refractivity contribution is 0.0955. The zero-order valence-corrected chi connectivity index (χ0v) is 16.2. The van der Waals surface area contributed by atoms with E-state index in [0.29, 0.717) is 5.56 Å². The third-order valence-corrected chi connectivity index (χ3v) is 6.06. The average molecular weight is 368 g/mol. The van der Waals surface area contributed by atoms with Gasteiger partial charge in [0.1, 0.15) is 0 Å². The van der Waals surface area contributed by atoms with Crippen molar-refractivity contribution in [2.24, 2.45) is 16.4 Å². The quantitative estimate of drug-likeness (QED) is 0.497. The van der Waals surface area contributed by atoms with Crippen LogP contribution in [0.1, 0.15) is 35.3 Å². The normalized spacial score (nSPS) is 19.3. The van der Waals surface area contributed by atoms with Gasteiger partial charge in [-0.1, -0.05) is 92.7 Å². The molecule has 0 saturated heterocycles. The number of nitrogens with zero attached hydrogens (tertiary/aromatic N) is 1. The molecule has 0 aromatic heterocycles. The van der Waals surface area contributed by atoms with Crippen molar-refractivity contribution in [1.82, 2.24) is 5.43 Å². The van der Waals surface area contributed by atoms with Gasteiger partial charge in [-0.15, -0.1) is 0 Å². The van der Waals surface area contributed by atoms with E-state index < -0.39 is 0 Å². The second-order valence-corrected chi connectivity index (χ2v) is 7.82. The smallest absolute Gasteiger partial charge is 0.267 e. The number of hydrogen-bond donors (Lipinski definition) is 1. The average Bonchev–Trinajstić information content (AvgIpc) is 3.25. The molecule has 3 heteroatoms. The summed E-state index contributed by atoms with van der Waals surface area (Å²) in [4.78, 5) is 12.3. The minimum atomic E-state index is -0.194. The Morgan fingerprint density at radius 1 is 0.821 bits per heavy atom. The number of hydrogen-bond acceptors (Lipinski definition) is 2. The maximum Gasteiger partial charge on any atom is 0.271 e. The van der Waals surface area contributed by atoms with Crippen molar-refractivity contribution in [3.05, 3.63) is 108 Å². The van der Waals surface area contributed by atoms with Gasteiger partial charge in [-0.05, 0) is 28.7 Å². The van der Waals surface area contributed by atoms with Crippen molar-refractivity contribution in [2.45, 2.75) is 19.3 Å². The Bertz CT molecular complexity index is 939. The summed E-state index contributed by atoms with van der Waals surface area (Å²) in [5.74, 6) is -0.0128. The van der Waals surface area contributed by atoms with Gasteiger partial charge >= 0.3 is 0 Å². The monoisotopic (exact) mass is 368 g/mol. The van der Waals surface area contributed by atoms with Crippen LogP contribution in [0.25, 0.3) is 0 Å². The Kier molecular flexibility index (Phi) is 4.60. The molecule has 1 unspecified atom stereocenters. The van der Waals surface area contributed by atoms with E-state index in [4.69, 9.17) is 0 Å². The SMILES string of the molecule is CC1(C)C(/C=N\NC(=O)c2ccccc2)C1(c1ccccc1)c1ccccc1. The molecular weight excluding hydrogens is 344 g/mol. The van der Waals surface area contributed by atoms with E-state index in [0.717, 1.165) is 0 Å². The number of benzene rings is 3. The number of carbonyl (C=O) groups is 1. The Morgan fingerprint density at radius 3 is 1.79 bits per heavy atom. The summed E-state index contributed by atoms with van der Waals surface area (Å²) in [6.07, 6.45) is 1.90. The molecule has 1 aliphatic carbocycles. The van der Waals surface area contributed by atoms with Gasteiger partial charge < -0.3 is 0 Å². The van der Waals surface area contributed by atoms with Gasteiger partial charge in [0.25, 0.3) is 5.91 Å². The van der Waals surface area contributed by atoms with Gasteiger partial charge in [-0.3, -0.25) is 4.79 Å². The van der Waals surface area contributed by atoms with Gasteiger partial charge in [-0.25, -0.2) is 5.43 Å². The lowest BCUT2D eigenvalue weighted by Gasteiger charge is -2.22. The van der Waals surface area contributed by atoms with E-state index in [-0.39, 0.29) is 22.7 Å². The molecule has 1 N–H and O–H groups in total. The van der Waals surface area contributed by atoms with E-state index in [2.05, 4.69) is 72.9 Å². The third kappa shape index (κ3) is 2.84. The second kappa shape index (κ2) is 7.08. The molecule has 0 aliphatic heterocycles. The molecule has 0 radical (unpaired) electrons. The number of nitrogens with one attached hydrogen (secondary N) is 1. The molecule has 1 fully saturated rings. The van der Waals surface area contributed by atoms with E-state index >= 15 is 0 Å². The van der Waals surface area contributed by atoms with Crippen LogP contribution in [0.2, 0.25) is 0 Å². The summed E-state index contributed by atoms with van der Waals surface area (Å²) in [5.41, 5.74) is 5.66. The predicted octanol–water partition coefficient (Wildman–Crippen LogP) is 5.04. The molecule has 1 amide bonds. The van der Waals surface area contributed by atoms with Gasteiger partial charge in [-0.2, -0.15) is 5.10 Å². The minimum absolute atomic E-state index is 0.0172. The summed E-state index contributed by atoms with van der Waals surface area (Å²) < 4.78 is 0. The van der Waals surface area contributed by atoms with Crippen LogP contribution in [0, 0.1) is 11.3 Å². The highest BCUT2D eigenvalue weighted by Gasteiger charge is 2.71. The largest absolute Gasteiger partial charge is 0.271 e. The first-order chi connectivity index (χ1) is 13.6. The van der Waals surface area contributed by atoms with E-state index in [1.165, 1.54) is 11.1 Å². The fourth-order valence-electron chi connectivity index (χ4n) is 4.60. The van der Waals surface area contributed by atoms with Crippen LogP contribution in [-0.4, -0.2) is 12.1 Å². The highest BCUT2D eigenvalue weighted by Crippen LogP contribution is 2.71. The van der Waals surface area contributed by atoms with Gasteiger partial charge in [0.2, 0.25) is 0 Å². The summed E-state index contributed by atoms with van der Waals surface area (Å²) in [5, 5.41) is 4.33. The molecule has 140 valence electrons. The molecule has 0 bridgehead atoms. The van der Waals surface area contributed by atoms with Crippen molar-refractivity contribution in [3.63, 3.8) is 0 Å². The second-order valence-electron chi connectivity index (χ2n) is 7.82. The van der Waals surface area contributed by atoms with E-state index in [1.54, 1.807) is 12.1 Å². The van der Waals surface area contributed by atoms with Crippen molar-refractivity contribution in [1.29, 1.82) is 0 Å². The number of carbonyl (C=O) groups excluding carboxylic acids is 1. The van der Waals surface area contributed by atoms with Crippen molar-refractivity contribution < 1.29 is 4.79 Å². The van der Waals surface area contributed by atoms with E-state index in [1.807, 2.05) is 36.5 Å². The van der Waals surface area contributed by atoms with Gasteiger partial charge in [0, 0.05) is 23.1 Å². The first-order valence-electron chi connectivity index (χ1n) is 9.58. The number of hydrazone groups is 1. The van der Waals surface area contributed by atoms with Crippen LogP contribution < -0.4 is 5.43 Å². The fraction of sp³-hybridized carbons (Fsp3) is 0.200. The summed E-state index contributed by atoms with van der Waals surface area (Å²) >= 11 is 0. The summed E-state index contributed by atoms with van der Waals surface area (Å²) in [6.45, 7) is 4.53. The number of amides is 1. The van der Waals surface area contributed by atoms with Crippen LogP contribution in [0.15, 0.2) is 96.1 Å². The first kappa shape index (κ1) is 18.2. The molecule has 1 saturated carbocycles. The molecule has 4 rings (SSSR count). The maximum absolute atomic E-state index is 12.3. The fourth-order valence-corrected chi connectivity index (χ4v) is 4.60. The topological polar surface area (TPSA) is 41.5 Å². The van der Waals surface area contributed by atoms with Crippen molar-refractivity contribution >= 4 is 12.1 Å². The third-order valence-electron chi connectivity index (χ3n) is 6.06. The van der Waals surface area contributed by atoms with Crippen LogP contribution in [0.3, 0.4) is 0 Å². The molecule has 0 spiro atoms. The zero-order valence-electron chi connectivity index (χ0n) is 16.2. The van der Waals surface area contributed by atoms with Crippen molar-refractivity contribution in [2.75, 3.05) is 0 Å². The minimum Gasteiger partial charge on any atom is -0.267 e. The molecule has 3 aromatic carbocycles. The van der Waals surface area contributed by atoms with Crippen molar-refractivity contribution in [3.8, 4) is 0 Å². The Balaban J connectivity index is 1.64. The van der Waals surface area contributed by atoms with Crippen LogP contribution >= 0.6 is 0 Å². The van der Waals surface area contributed by atoms with Crippen LogP contribution in [0.5, 0.6) is 0 Å². The molecule has 1 atom stereocenters. The Labute approximate surface area is 166 Å². The lowest BCUT2D eigenvalue weighted by atomic mass is 9.81. The molecule has 3 aromatic rings. The maximum atomic E-state index is 12.3. The Morgan fingerprint density at radius 2 is 1.29 bits per heavy atom. The standard InChI is InChI=1S/C25H24N2O/c1-24(2)22(18-26-27-23(28)19-12-6-3-7-13-19)25(24,20-14-8-4-9-15-20)21-16-10-5-11-17-21/h3-18,22H,1-2H3,(H,27,28)/b26-18-. The van der Waals surface area contributed by atoms with Crippen LogP contribution in [0.4, 0.5) is 0 Å². The molecule has 1 aliphatic rings. The van der Waals surface area contributed by atoms with Gasteiger partial charge in [0.15, 0.2) is 0 Å². The van der Waals surface area contributed by atoms with E-state index in [9.17, 15) is 4.79 Å². The highest BCUT2D eigenvalue weighted by atomic mass is 16.2.